The Morgan fingerprint density at radius 1 is 1.25 bits per heavy atom. The Bertz CT molecular complexity index is 586. The molecule has 0 fully saturated rings. The summed E-state index contributed by atoms with van der Waals surface area (Å²) in [4.78, 5) is 10.6. The summed E-state index contributed by atoms with van der Waals surface area (Å²) in [6, 6.07) is 6.72. The zero-order valence-electron chi connectivity index (χ0n) is 12.0. The van der Waals surface area contributed by atoms with Crippen molar-refractivity contribution in [2.24, 2.45) is 0 Å². The maximum absolute atomic E-state index is 14.0. The molecular formula is C15H19FN4. The molecule has 0 saturated carbocycles. The lowest BCUT2D eigenvalue weighted by Gasteiger charge is -2.24. The van der Waals surface area contributed by atoms with Crippen molar-refractivity contribution in [2.45, 2.75) is 20.8 Å². The number of halogens is 1. The van der Waals surface area contributed by atoms with Crippen molar-refractivity contribution < 1.29 is 4.39 Å². The van der Waals surface area contributed by atoms with Gasteiger partial charge in [0, 0.05) is 24.8 Å². The summed E-state index contributed by atoms with van der Waals surface area (Å²) in [5, 5.41) is 3.08. The van der Waals surface area contributed by atoms with Gasteiger partial charge in [-0.05, 0) is 32.9 Å². The Morgan fingerprint density at radius 2 is 2.00 bits per heavy atom. The van der Waals surface area contributed by atoms with E-state index in [1.54, 1.807) is 18.3 Å². The summed E-state index contributed by atoms with van der Waals surface area (Å²) in [6.07, 6.45) is 1.75. The Labute approximate surface area is 118 Å². The number of nitrogens with one attached hydrogen (secondary N) is 1. The minimum absolute atomic E-state index is 0.252. The van der Waals surface area contributed by atoms with Gasteiger partial charge in [0.15, 0.2) is 0 Å². The van der Waals surface area contributed by atoms with Crippen LogP contribution in [0.15, 0.2) is 30.5 Å². The van der Waals surface area contributed by atoms with Crippen molar-refractivity contribution in [1.29, 1.82) is 0 Å². The molecule has 0 unspecified atom stereocenters. The Hall–Kier alpha value is -2.17. The van der Waals surface area contributed by atoms with Gasteiger partial charge in [0.25, 0.3) is 0 Å². The van der Waals surface area contributed by atoms with Crippen LogP contribution in [0.25, 0.3) is 0 Å². The number of benzene rings is 1. The monoisotopic (exact) mass is 274 g/mol. The van der Waals surface area contributed by atoms with E-state index in [0.717, 1.165) is 17.9 Å². The zero-order valence-corrected chi connectivity index (χ0v) is 12.0. The van der Waals surface area contributed by atoms with Gasteiger partial charge in [-0.3, -0.25) is 0 Å². The van der Waals surface area contributed by atoms with Crippen molar-refractivity contribution >= 4 is 17.5 Å². The number of hydrogen-bond donors (Lipinski definition) is 1. The molecule has 106 valence electrons. The van der Waals surface area contributed by atoms with E-state index in [2.05, 4.69) is 15.3 Å². The van der Waals surface area contributed by atoms with Crippen LogP contribution in [0, 0.1) is 12.7 Å². The number of hydrogen-bond acceptors (Lipinski definition) is 4. The normalized spacial score (nSPS) is 10.4. The molecule has 0 aliphatic carbocycles. The second-order valence-corrected chi connectivity index (χ2v) is 4.43. The summed E-state index contributed by atoms with van der Waals surface area (Å²) in [7, 11) is 0. The second-order valence-electron chi connectivity index (χ2n) is 4.43. The standard InChI is InChI=1S/C15H19FN4/c1-4-17-15-18-10-11(3)14(19-15)20(5-2)13-9-7-6-8-12(13)16/h6-10H,4-5H2,1-3H3,(H,17,18,19). The fourth-order valence-electron chi connectivity index (χ4n) is 2.05. The molecule has 0 spiro atoms. The largest absolute Gasteiger partial charge is 0.354 e. The van der Waals surface area contributed by atoms with E-state index in [1.165, 1.54) is 6.07 Å². The predicted octanol–water partition coefficient (Wildman–Crippen LogP) is 3.51. The number of aromatic nitrogens is 2. The molecule has 1 aromatic heterocycles. The molecule has 0 aliphatic rings. The van der Waals surface area contributed by atoms with Gasteiger partial charge in [0.1, 0.15) is 11.6 Å². The quantitative estimate of drug-likeness (QED) is 0.905. The van der Waals surface area contributed by atoms with Crippen LogP contribution >= 0.6 is 0 Å². The van der Waals surface area contributed by atoms with Crippen molar-refractivity contribution in [3.8, 4) is 0 Å². The first-order valence-electron chi connectivity index (χ1n) is 6.77. The van der Waals surface area contributed by atoms with Gasteiger partial charge >= 0.3 is 0 Å². The first kappa shape index (κ1) is 14.2. The Balaban J connectivity index is 2.46. The molecule has 5 heteroatoms. The first-order valence-corrected chi connectivity index (χ1v) is 6.77. The number of aryl methyl sites for hydroxylation is 1. The lowest BCUT2D eigenvalue weighted by atomic mass is 10.2. The summed E-state index contributed by atoms with van der Waals surface area (Å²) in [5.41, 5.74) is 1.44. The number of rotatable bonds is 5. The van der Waals surface area contributed by atoms with Crippen LogP contribution in [0.1, 0.15) is 19.4 Å². The van der Waals surface area contributed by atoms with Crippen molar-refractivity contribution in [2.75, 3.05) is 23.3 Å². The molecular weight excluding hydrogens is 255 g/mol. The topological polar surface area (TPSA) is 41.1 Å². The van der Waals surface area contributed by atoms with Crippen LogP contribution in [-0.2, 0) is 0 Å². The highest BCUT2D eigenvalue weighted by molar-refractivity contribution is 5.63. The average molecular weight is 274 g/mol. The minimum Gasteiger partial charge on any atom is -0.354 e. The van der Waals surface area contributed by atoms with E-state index < -0.39 is 0 Å². The second kappa shape index (κ2) is 6.32. The van der Waals surface area contributed by atoms with Gasteiger partial charge in [0.05, 0.1) is 5.69 Å². The molecule has 4 nitrogen and oxygen atoms in total. The third-order valence-electron chi connectivity index (χ3n) is 3.00. The third kappa shape index (κ3) is 2.87. The van der Waals surface area contributed by atoms with Gasteiger partial charge in [-0.2, -0.15) is 4.98 Å². The molecule has 1 N–H and O–H groups in total. The van der Waals surface area contributed by atoms with E-state index in [1.807, 2.05) is 31.7 Å². The molecule has 0 amide bonds. The molecule has 1 aromatic carbocycles. The Kier molecular flexibility index (Phi) is 4.50. The van der Waals surface area contributed by atoms with E-state index in [4.69, 9.17) is 0 Å². The van der Waals surface area contributed by atoms with Gasteiger partial charge in [-0.1, -0.05) is 12.1 Å². The molecule has 0 radical (unpaired) electrons. The maximum atomic E-state index is 14.0. The molecule has 0 saturated heterocycles. The van der Waals surface area contributed by atoms with Gasteiger partial charge in [-0.25, -0.2) is 9.37 Å². The van der Waals surface area contributed by atoms with Crippen LogP contribution in [0.4, 0.5) is 21.8 Å². The predicted molar refractivity (Wildman–Crippen MR) is 80.0 cm³/mol. The molecule has 2 aromatic rings. The van der Waals surface area contributed by atoms with Crippen LogP contribution in [0.5, 0.6) is 0 Å². The highest BCUT2D eigenvalue weighted by Gasteiger charge is 2.16. The summed E-state index contributed by atoms with van der Waals surface area (Å²) in [6.45, 7) is 7.26. The van der Waals surface area contributed by atoms with Gasteiger partial charge < -0.3 is 10.2 Å². The maximum Gasteiger partial charge on any atom is 0.224 e. The van der Waals surface area contributed by atoms with E-state index in [-0.39, 0.29) is 5.82 Å². The number of nitrogens with zero attached hydrogens (tertiary/aromatic N) is 3. The SMILES string of the molecule is CCNc1ncc(C)c(N(CC)c2ccccc2F)n1. The van der Waals surface area contributed by atoms with Crippen LogP contribution in [0.2, 0.25) is 0 Å². The first-order chi connectivity index (χ1) is 9.67. The number of anilines is 3. The van der Waals surface area contributed by atoms with Crippen molar-refractivity contribution in [3.05, 3.63) is 41.8 Å². The highest BCUT2D eigenvalue weighted by Crippen LogP contribution is 2.28. The highest BCUT2D eigenvalue weighted by atomic mass is 19.1. The molecule has 0 atom stereocenters. The molecule has 0 aliphatic heterocycles. The van der Waals surface area contributed by atoms with Crippen molar-refractivity contribution in [3.63, 3.8) is 0 Å². The van der Waals surface area contributed by atoms with Crippen LogP contribution < -0.4 is 10.2 Å². The fraction of sp³-hybridized carbons (Fsp3) is 0.333. The Morgan fingerprint density at radius 3 is 2.65 bits per heavy atom. The summed E-state index contributed by atoms with van der Waals surface area (Å²) >= 11 is 0. The molecule has 20 heavy (non-hydrogen) atoms. The minimum atomic E-state index is -0.252. The lowest BCUT2D eigenvalue weighted by Crippen LogP contribution is -2.20. The average Bonchev–Trinajstić information content (AvgIpc) is 2.45. The smallest absolute Gasteiger partial charge is 0.224 e. The van der Waals surface area contributed by atoms with Crippen LogP contribution in [0.3, 0.4) is 0 Å². The zero-order chi connectivity index (χ0) is 14.5. The summed E-state index contributed by atoms with van der Waals surface area (Å²) < 4.78 is 14.0. The number of para-hydroxylation sites is 1. The molecule has 2 rings (SSSR count). The third-order valence-corrected chi connectivity index (χ3v) is 3.00. The molecule has 0 bridgehead atoms. The van der Waals surface area contributed by atoms with E-state index >= 15 is 0 Å². The lowest BCUT2D eigenvalue weighted by molar-refractivity contribution is 0.625. The van der Waals surface area contributed by atoms with E-state index in [0.29, 0.717) is 18.2 Å². The fourth-order valence-corrected chi connectivity index (χ4v) is 2.05. The van der Waals surface area contributed by atoms with Gasteiger partial charge in [-0.15, -0.1) is 0 Å². The van der Waals surface area contributed by atoms with Gasteiger partial charge in [0.2, 0.25) is 5.95 Å². The summed E-state index contributed by atoms with van der Waals surface area (Å²) in [5.74, 6) is 1.03. The van der Waals surface area contributed by atoms with Crippen molar-refractivity contribution in [1.82, 2.24) is 9.97 Å². The molecule has 1 heterocycles. The van der Waals surface area contributed by atoms with Crippen LogP contribution in [-0.4, -0.2) is 23.1 Å². The van der Waals surface area contributed by atoms with E-state index in [9.17, 15) is 4.39 Å².